The number of nitriles is 1. The smallest absolute Gasteiger partial charge is 0.339 e. The monoisotopic (exact) mass is 284 g/mol. The van der Waals surface area contributed by atoms with Crippen LogP contribution < -0.4 is 4.74 Å². The molecule has 0 unspecified atom stereocenters. The van der Waals surface area contributed by atoms with E-state index in [9.17, 15) is 4.79 Å². The highest BCUT2D eigenvalue weighted by molar-refractivity contribution is 5.95. The Balaban J connectivity index is 2.24. The number of aromatic nitrogens is 1. The number of hydrogen-bond donors (Lipinski definition) is 0. The zero-order valence-electron chi connectivity index (χ0n) is 12.0. The predicted octanol–water partition coefficient (Wildman–Crippen LogP) is 3.01. The van der Waals surface area contributed by atoms with Crippen LogP contribution in [0.3, 0.4) is 0 Å². The third kappa shape index (κ3) is 3.48. The SMILES string of the molecule is COc1ccc2nc(C)c(C(=O)OCCCC#N)cc2c1. The van der Waals surface area contributed by atoms with E-state index in [2.05, 4.69) is 4.98 Å². The van der Waals surface area contributed by atoms with Crippen molar-refractivity contribution in [2.45, 2.75) is 19.8 Å². The van der Waals surface area contributed by atoms with Gasteiger partial charge in [0.25, 0.3) is 0 Å². The van der Waals surface area contributed by atoms with E-state index < -0.39 is 5.97 Å². The predicted molar refractivity (Wildman–Crippen MR) is 78.2 cm³/mol. The topological polar surface area (TPSA) is 72.2 Å². The van der Waals surface area contributed by atoms with E-state index in [1.807, 2.05) is 24.3 Å². The van der Waals surface area contributed by atoms with Crippen molar-refractivity contribution < 1.29 is 14.3 Å². The Morgan fingerprint density at radius 3 is 2.90 bits per heavy atom. The lowest BCUT2D eigenvalue weighted by Gasteiger charge is -2.08. The van der Waals surface area contributed by atoms with Crippen molar-refractivity contribution in [3.63, 3.8) is 0 Å². The maximum atomic E-state index is 12.1. The third-order valence-corrected chi connectivity index (χ3v) is 3.10. The zero-order valence-corrected chi connectivity index (χ0v) is 12.0. The number of benzene rings is 1. The van der Waals surface area contributed by atoms with Crippen LogP contribution in [0.15, 0.2) is 24.3 Å². The van der Waals surface area contributed by atoms with Gasteiger partial charge in [-0.3, -0.25) is 4.98 Å². The summed E-state index contributed by atoms with van der Waals surface area (Å²) in [5, 5.41) is 9.27. The van der Waals surface area contributed by atoms with Gasteiger partial charge in [0, 0.05) is 11.8 Å². The van der Waals surface area contributed by atoms with Gasteiger partial charge in [0.1, 0.15) is 5.75 Å². The van der Waals surface area contributed by atoms with Gasteiger partial charge in [0.05, 0.1) is 36.6 Å². The van der Waals surface area contributed by atoms with E-state index in [0.29, 0.717) is 29.8 Å². The van der Waals surface area contributed by atoms with Gasteiger partial charge >= 0.3 is 5.97 Å². The molecule has 0 saturated heterocycles. The van der Waals surface area contributed by atoms with Gasteiger partial charge in [-0.15, -0.1) is 0 Å². The second kappa shape index (κ2) is 6.71. The summed E-state index contributed by atoms with van der Waals surface area (Å²) in [6.45, 7) is 2.01. The second-order valence-corrected chi connectivity index (χ2v) is 4.58. The number of carbonyl (C=O) groups excluding carboxylic acids is 1. The Hall–Kier alpha value is -2.61. The molecule has 108 valence electrons. The van der Waals surface area contributed by atoms with Crippen LogP contribution in [0.2, 0.25) is 0 Å². The van der Waals surface area contributed by atoms with Crippen molar-refractivity contribution in [1.82, 2.24) is 4.98 Å². The average molecular weight is 284 g/mol. The maximum Gasteiger partial charge on any atom is 0.339 e. The number of aryl methyl sites for hydroxylation is 1. The van der Waals surface area contributed by atoms with E-state index in [-0.39, 0.29) is 6.61 Å². The Kier molecular flexibility index (Phi) is 4.72. The fourth-order valence-corrected chi connectivity index (χ4v) is 1.98. The van der Waals surface area contributed by atoms with Gasteiger partial charge in [-0.05, 0) is 37.6 Å². The van der Waals surface area contributed by atoms with Crippen LogP contribution in [0.25, 0.3) is 10.9 Å². The van der Waals surface area contributed by atoms with Crippen molar-refractivity contribution in [2.75, 3.05) is 13.7 Å². The molecule has 0 spiro atoms. The lowest BCUT2D eigenvalue weighted by Crippen LogP contribution is -2.09. The normalized spacial score (nSPS) is 10.1. The molecule has 1 heterocycles. The van der Waals surface area contributed by atoms with Crippen LogP contribution in [0.5, 0.6) is 5.75 Å². The highest BCUT2D eigenvalue weighted by Crippen LogP contribution is 2.22. The molecule has 0 bridgehead atoms. The van der Waals surface area contributed by atoms with Gasteiger partial charge in [-0.2, -0.15) is 5.26 Å². The van der Waals surface area contributed by atoms with E-state index >= 15 is 0 Å². The molecule has 0 saturated carbocycles. The summed E-state index contributed by atoms with van der Waals surface area (Å²) in [5.41, 5.74) is 1.86. The van der Waals surface area contributed by atoms with E-state index in [0.717, 1.165) is 10.9 Å². The third-order valence-electron chi connectivity index (χ3n) is 3.10. The molecule has 0 amide bonds. The molecule has 2 rings (SSSR count). The molecule has 1 aromatic heterocycles. The molecule has 21 heavy (non-hydrogen) atoms. The van der Waals surface area contributed by atoms with Crippen molar-refractivity contribution in [3.8, 4) is 11.8 Å². The average Bonchev–Trinajstić information content (AvgIpc) is 2.50. The molecular weight excluding hydrogens is 268 g/mol. The standard InChI is InChI=1S/C16H16N2O3/c1-11-14(16(19)21-8-4-3-7-17)10-12-9-13(20-2)5-6-15(12)18-11/h5-6,9-10H,3-4,8H2,1-2H3. The Morgan fingerprint density at radius 2 is 2.19 bits per heavy atom. The van der Waals surface area contributed by atoms with Gasteiger partial charge in [0.15, 0.2) is 0 Å². The summed E-state index contributed by atoms with van der Waals surface area (Å²) in [6, 6.07) is 9.27. The minimum absolute atomic E-state index is 0.238. The first-order chi connectivity index (χ1) is 10.2. The molecule has 5 nitrogen and oxygen atoms in total. The maximum absolute atomic E-state index is 12.1. The Bertz CT molecular complexity index is 704. The van der Waals surface area contributed by atoms with Gasteiger partial charge in [0.2, 0.25) is 0 Å². The largest absolute Gasteiger partial charge is 0.497 e. The summed E-state index contributed by atoms with van der Waals surface area (Å²) in [6.07, 6.45) is 0.912. The molecule has 1 aromatic carbocycles. The van der Waals surface area contributed by atoms with Gasteiger partial charge < -0.3 is 9.47 Å². The number of rotatable bonds is 5. The summed E-state index contributed by atoms with van der Waals surface area (Å²) < 4.78 is 10.3. The summed E-state index contributed by atoms with van der Waals surface area (Å²) in [4.78, 5) is 16.5. The lowest BCUT2D eigenvalue weighted by atomic mass is 10.1. The number of esters is 1. The molecule has 5 heteroatoms. The number of fused-ring (bicyclic) bond motifs is 1. The number of unbranched alkanes of at least 4 members (excludes halogenated alkanes) is 1. The van der Waals surface area contributed by atoms with Gasteiger partial charge in [-0.1, -0.05) is 0 Å². The number of pyridine rings is 1. The first-order valence-corrected chi connectivity index (χ1v) is 6.65. The molecule has 2 aromatic rings. The van der Waals surface area contributed by atoms with Crippen LogP contribution in [-0.2, 0) is 4.74 Å². The van der Waals surface area contributed by atoms with Gasteiger partial charge in [-0.25, -0.2) is 4.79 Å². The first kappa shape index (κ1) is 14.8. The second-order valence-electron chi connectivity index (χ2n) is 4.58. The molecular formula is C16H16N2O3. The molecule has 0 atom stereocenters. The van der Waals surface area contributed by atoms with Crippen molar-refractivity contribution in [2.24, 2.45) is 0 Å². The van der Waals surface area contributed by atoms with Crippen LogP contribution >= 0.6 is 0 Å². The number of carbonyl (C=O) groups is 1. The zero-order chi connectivity index (χ0) is 15.2. The Labute approximate surface area is 123 Å². The molecule has 0 N–H and O–H groups in total. The molecule has 0 radical (unpaired) electrons. The van der Waals surface area contributed by atoms with E-state index in [1.54, 1.807) is 20.1 Å². The molecule has 0 aliphatic heterocycles. The molecule has 0 fully saturated rings. The molecule has 0 aliphatic rings. The summed E-state index contributed by atoms with van der Waals surface area (Å²) >= 11 is 0. The van der Waals surface area contributed by atoms with E-state index in [4.69, 9.17) is 14.7 Å². The summed E-state index contributed by atoms with van der Waals surface area (Å²) in [7, 11) is 1.59. The quantitative estimate of drug-likeness (QED) is 0.623. The Morgan fingerprint density at radius 1 is 1.38 bits per heavy atom. The number of methoxy groups -OCH3 is 1. The van der Waals surface area contributed by atoms with Crippen LogP contribution in [0.4, 0.5) is 0 Å². The van der Waals surface area contributed by atoms with Crippen molar-refractivity contribution in [3.05, 3.63) is 35.5 Å². The fourth-order valence-electron chi connectivity index (χ4n) is 1.98. The van der Waals surface area contributed by atoms with Crippen molar-refractivity contribution in [1.29, 1.82) is 5.26 Å². The highest BCUT2D eigenvalue weighted by Gasteiger charge is 2.13. The minimum atomic E-state index is -0.414. The van der Waals surface area contributed by atoms with Crippen LogP contribution in [0, 0.1) is 18.3 Å². The summed E-state index contributed by atoms with van der Waals surface area (Å²) in [5.74, 6) is 0.296. The molecule has 0 aliphatic carbocycles. The number of nitrogens with zero attached hydrogens (tertiary/aromatic N) is 2. The van der Waals surface area contributed by atoms with Crippen molar-refractivity contribution >= 4 is 16.9 Å². The fraction of sp³-hybridized carbons (Fsp3) is 0.312. The lowest BCUT2D eigenvalue weighted by molar-refractivity contribution is 0.0500. The van der Waals surface area contributed by atoms with Crippen LogP contribution in [-0.4, -0.2) is 24.7 Å². The first-order valence-electron chi connectivity index (χ1n) is 6.65. The minimum Gasteiger partial charge on any atom is -0.497 e. The van der Waals surface area contributed by atoms with E-state index in [1.165, 1.54) is 0 Å². The number of hydrogen-bond acceptors (Lipinski definition) is 5. The highest BCUT2D eigenvalue weighted by atomic mass is 16.5. The number of ether oxygens (including phenoxy) is 2. The van der Waals surface area contributed by atoms with Crippen LogP contribution in [0.1, 0.15) is 28.9 Å².